The third kappa shape index (κ3) is 4.87. The lowest BCUT2D eigenvalue weighted by atomic mass is 10.1. The SMILES string of the molecule is CC(C)(C)OC(=O)N1C2CCC1CN(c1nc3c(OC(F)(F)C(C)(C)O)ccc(-c4ccccn4)c3o1)C2. The van der Waals surface area contributed by atoms with Crippen LogP contribution in [0.3, 0.4) is 0 Å². The fourth-order valence-corrected chi connectivity index (χ4v) is 4.85. The van der Waals surface area contributed by atoms with Gasteiger partial charge in [0.25, 0.3) is 6.01 Å². The number of oxazole rings is 1. The molecule has 2 aliphatic heterocycles. The fourth-order valence-electron chi connectivity index (χ4n) is 4.85. The molecule has 0 radical (unpaired) electrons. The van der Waals surface area contributed by atoms with Gasteiger partial charge in [0.05, 0.1) is 17.8 Å². The highest BCUT2D eigenvalue weighted by molar-refractivity contribution is 5.94. The molecule has 4 heterocycles. The first kappa shape index (κ1) is 26.1. The quantitative estimate of drug-likeness (QED) is 0.479. The molecule has 3 aromatic rings. The minimum absolute atomic E-state index is 0.0917. The highest BCUT2D eigenvalue weighted by Gasteiger charge is 2.49. The second kappa shape index (κ2) is 9.07. The number of carbonyl (C=O) groups excluding carboxylic acids is 1. The van der Waals surface area contributed by atoms with Crippen molar-refractivity contribution in [3.63, 3.8) is 0 Å². The van der Waals surface area contributed by atoms with Gasteiger partial charge in [0, 0.05) is 24.8 Å². The lowest BCUT2D eigenvalue weighted by Gasteiger charge is -2.40. The standard InChI is InChI=1S/C27H32F2N4O5/c1-25(2,3)38-24(34)33-16-9-10-17(33)15-32(14-16)23-31-21-20(37-27(28,29)26(4,5)35)12-11-18(22(21)36-23)19-8-6-7-13-30-19/h6-8,11-13,16-17,35H,9-10,14-15H2,1-5H3. The third-order valence-corrected chi connectivity index (χ3v) is 6.74. The first-order chi connectivity index (χ1) is 17.7. The Kier molecular flexibility index (Phi) is 6.24. The van der Waals surface area contributed by atoms with E-state index in [1.54, 1.807) is 29.3 Å². The molecule has 2 atom stereocenters. The zero-order chi connectivity index (χ0) is 27.5. The van der Waals surface area contributed by atoms with Crippen LogP contribution in [0, 0.1) is 0 Å². The van der Waals surface area contributed by atoms with Gasteiger partial charge in [-0.05, 0) is 71.7 Å². The van der Waals surface area contributed by atoms with Gasteiger partial charge in [0.1, 0.15) is 5.60 Å². The van der Waals surface area contributed by atoms with E-state index in [0.717, 1.165) is 26.7 Å². The molecule has 2 saturated heterocycles. The lowest BCUT2D eigenvalue weighted by Crippen LogP contribution is -2.56. The van der Waals surface area contributed by atoms with Crippen molar-refractivity contribution in [2.45, 2.75) is 76.9 Å². The Morgan fingerprint density at radius 2 is 1.76 bits per heavy atom. The van der Waals surface area contributed by atoms with Crippen LogP contribution in [0.15, 0.2) is 40.9 Å². The molecule has 2 aromatic heterocycles. The van der Waals surface area contributed by atoms with Gasteiger partial charge in [0.2, 0.25) is 0 Å². The maximum Gasteiger partial charge on any atom is 0.426 e. The number of nitrogens with zero attached hydrogens (tertiary/aromatic N) is 4. The zero-order valence-electron chi connectivity index (χ0n) is 22.1. The molecule has 1 amide bonds. The summed E-state index contributed by atoms with van der Waals surface area (Å²) in [6.45, 7) is 8.36. The molecule has 38 heavy (non-hydrogen) atoms. The summed E-state index contributed by atoms with van der Waals surface area (Å²) in [5.41, 5.74) is -1.55. The number of halogens is 2. The predicted molar refractivity (Wildman–Crippen MR) is 136 cm³/mol. The number of rotatable bonds is 5. The molecular formula is C27H32F2N4O5. The minimum atomic E-state index is -3.89. The van der Waals surface area contributed by atoms with Crippen LogP contribution in [-0.2, 0) is 4.74 Å². The number of ether oxygens (including phenoxy) is 2. The van der Waals surface area contributed by atoms with E-state index >= 15 is 0 Å². The number of anilines is 1. The van der Waals surface area contributed by atoms with Gasteiger partial charge in [-0.3, -0.25) is 9.88 Å². The van der Waals surface area contributed by atoms with E-state index in [-0.39, 0.29) is 41.0 Å². The molecule has 0 spiro atoms. The Balaban J connectivity index is 1.50. The van der Waals surface area contributed by atoms with E-state index in [1.165, 1.54) is 6.07 Å². The monoisotopic (exact) mass is 530 g/mol. The summed E-state index contributed by atoms with van der Waals surface area (Å²) in [6, 6.07) is 8.37. The van der Waals surface area contributed by atoms with Crippen LogP contribution in [-0.4, -0.2) is 68.6 Å². The van der Waals surface area contributed by atoms with Crippen LogP contribution in [0.4, 0.5) is 19.6 Å². The molecule has 0 aliphatic carbocycles. The molecule has 204 valence electrons. The van der Waals surface area contributed by atoms with Crippen molar-refractivity contribution in [2.24, 2.45) is 0 Å². The summed E-state index contributed by atoms with van der Waals surface area (Å²) in [4.78, 5) is 25.5. The summed E-state index contributed by atoms with van der Waals surface area (Å²) >= 11 is 0. The maximum absolute atomic E-state index is 14.7. The van der Waals surface area contributed by atoms with Gasteiger partial charge in [-0.2, -0.15) is 13.8 Å². The molecule has 1 aromatic carbocycles. The Labute approximate surface area is 219 Å². The van der Waals surface area contributed by atoms with E-state index in [4.69, 9.17) is 13.9 Å². The summed E-state index contributed by atoms with van der Waals surface area (Å²) < 4.78 is 46.2. The smallest absolute Gasteiger partial charge is 0.426 e. The molecule has 1 N–H and O–H groups in total. The number of fused-ring (bicyclic) bond motifs is 3. The van der Waals surface area contributed by atoms with E-state index in [0.29, 0.717) is 24.3 Å². The normalized spacial score (nSPS) is 20.2. The Bertz CT molecular complexity index is 1320. The van der Waals surface area contributed by atoms with Crippen LogP contribution < -0.4 is 9.64 Å². The van der Waals surface area contributed by atoms with Crippen LogP contribution in [0.1, 0.15) is 47.5 Å². The van der Waals surface area contributed by atoms with Crippen molar-refractivity contribution in [1.29, 1.82) is 0 Å². The van der Waals surface area contributed by atoms with Crippen molar-refractivity contribution in [2.75, 3.05) is 18.0 Å². The van der Waals surface area contributed by atoms with Crippen LogP contribution >= 0.6 is 0 Å². The Morgan fingerprint density at radius 1 is 1.08 bits per heavy atom. The molecule has 2 unspecified atom stereocenters. The summed E-state index contributed by atoms with van der Waals surface area (Å²) in [6.07, 6.45) is -0.982. The minimum Gasteiger partial charge on any atom is -0.444 e. The summed E-state index contributed by atoms with van der Waals surface area (Å²) in [7, 11) is 0. The molecule has 11 heteroatoms. The molecule has 2 aliphatic rings. The largest absolute Gasteiger partial charge is 0.444 e. The van der Waals surface area contributed by atoms with Crippen molar-refractivity contribution >= 4 is 23.2 Å². The molecule has 9 nitrogen and oxygen atoms in total. The second-order valence-electron chi connectivity index (χ2n) is 11.4. The predicted octanol–water partition coefficient (Wildman–Crippen LogP) is 5.22. The van der Waals surface area contributed by atoms with Crippen LogP contribution in [0.25, 0.3) is 22.4 Å². The van der Waals surface area contributed by atoms with E-state index in [1.807, 2.05) is 31.7 Å². The number of amides is 1. The van der Waals surface area contributed by atoms with Gasteiger partial charge >= 0.3 is 12.2 Å². The van der Waals surface area contributed by atoms with E-state index in [2.05, 4.69) is 9.97 Å². The van der Waals surface area contributed by atoms with Gasteiger partial charge in [-0.1, -0.05) is 6.07 Å². The third-order valence-electron chi connectivity index (χ3n) is 6.74. The first-order valence-corrected chi connectivity index (χ1v) is 12.6. The topological polar surface area (TPSA) is 101 Å². The van der Waals surface area contributed by atoms with Crippen LogP contribution in [0.5, 0.6) is 5.75 Å². The number of hydrogen-bond acceptors (Lipinski definition) is 8. The molecule has 5 rings (SSSR count). The van der Waals surface area contributed by atoms with Crippen molar-refractivity contribution in [1.82, 2.24) is 14.9 Å². The fraction of sp³-hybridized carbons (Fsp3) is 0.519. The van der Waals surface area contributed by atoms with Crippen LogP contribution in [0.2, 0.25) is 0 Å². The molecule has 2 bridgehead atoms. The molecule has 0 saturated carbocycles. The van der Waals surface area contributed by atoms with Gasteiger partial charge in [0.15, 0.2) is 22.5 Å². The Hall–Kier alpha value is -3.47. The first-order valence-electron chi connectivity index (χ1n) is 12.6. The van der Waals surface area contributed by atoms with Crippen molar-refractivity contribution in [3.8, 4) is 17.0 Å². The number of hydrogen-bond donors (Lipinski definition) is 1. The number of carbonyl (C=O) groups is 1. The average molecular weight is 531 g/mol. The number of piperazine rings is 1. The van der Waals surface area contributed by atoms with Gasteiger partial charge in [-0.25, -0.2) is 4.79 Å². The highest BCUT2D eigenvalue weighted by Crippen LogP contribution is 2.41. The Morgan fingerprint density at radius 3 is 2.34 bits per heavy atom. The van der Waals surface area contributed by atoms with Crippen molar-refractivity contribution < 1.29 is 32.6 Å². The van der Waals surface area contributed by atoms with Gasteiger partial charge in [-0.15, -0.1) is 0 Å². The number of pyridine rings is 1. The number of aliphatic hydroxyl groups is 1. The summed E-state index contributed by atoms with van der Waals surface area (Å²) in [5, 5.41) is 9.95. The summed E-state index contributed by atoms with van der Waals surface area (Å²) in [5.74, 6) is -0.225. The average Bonchev–Trinajstić information content (AvgIpc) is 3.37. The molecule has 2 fully saturated rings. The van der Waals surface area contributed by atoms with E-state index < -0.39 is 17.3 Å². The van der Waals surface area contributed by atoms with E-state index in [9.17, 15) is 18.7 Å². The maximum atomic E-state index is 14.7. The van der Waals surface area contributed by atoms with Crippen molar-refractivity contribution in [3.05, 3.63) is 36.5 Å². The zero-order valence-corrected chi connectivity index (χ0v) is 22.1. The second-order valence-corrected chi connectivity index (χ2v) is 11.4. The number of benzene rings is 1. The molecular weight excluding hydrogens is 498 g/mol. The van der Waals surface area contributed by atoms with Gasteiger partial charge < -0.3 is 23.9 Å². The number of aromatic nitrogens is 2. The highest BCUT2D eigenvalue weighted by atomic mass is 19.3. The lowest BCUT2D eigenvalue weighted by molar-refractivity contribution is -0.275. The number of alkyl halides is 2.